The fourth-order valence-corrected chi connectivity index (χ4v) is 3.92. The summed E-state index contributed by atoms with van der Waals surface area (Å²) in [6.07, 6.45) is 6.06. The van der Waals surface area contributed by atoms with Crippen LogP contribution in [0, 0.1) is 0 Å². The molecule has 2 heterocycles. The van der Waals surface area contributed by atoms with Gasteiger partial charge in [0.2, 0.25) is 0 Å². The minimum absolute atomic E-state index is 0.497. The molecule has 0 aliphatic rings. The lowest BCUT2D eigenvalue weighted by Gasteiger charge is -2.11. The molecule has 0 saturated heterocycles. The number of ether oxygens (including phenoxy) is 3. The van der Waals surface area contributed by atoms with E-state index in [4.69, 9.17) is 14.2 Å². The number of nitrogens with zero attached hydrogens (tertiary/aromatic N) is 2. The molecule has 0 spiro atoms. The second-order valence-electron chi connectivity index (χ2n) is 7.31. The van der Waals surface area contributed by atoms with E-state index in [1.165, 1.54) is 0 Å². The third-order valence-corrected chi connectivity index (χ3v) is 5.45. The van der Waals surface area contributed by atoms with Gasteiger partial charge in [-0.15, -0.1) is 0 Å². The fraction of sp³-hybridized carbons (Fsp3) is 0.154. The van der Waals surface area contributed by atoms with Crippen LogP contribution in [0.2, 0.25) is 0 Å². The number of fused-ring (bicyclic) bond motifs is 1. The number of methoxy groups -OCH3 is 3. The first-order chi connectivity index (χ1) is 16.0. The molecule has 7 nitrogen and oxygen atoms in total. The lowest BCUT2D eigenvalue weighted by molar-refractivity contribution is -0.297. The second kappa shape index (κ2) is 9.48. The molecular formula is C26H23N2O5-. The summed E-state index contributed by atoms with van der Waals surface area (Å²) < 4.78 is 18.5. The Morgan fingerprint density at radius 3 is 2.24 bits per heavy atom. The number of hydrogen-bond acceptors (Lipinski definition) is 6. The van der Waals surface area contributed by atoms with E-state index in [-0.39, 0.29) is 0 Å². The summed E-state index contributed by atoms with van der Waals surface area (Å²) in [5, 5.41) is 12.2. The van der Waals surface area contributed by atoms with Crippen molar-refractivity contribution >= 4 is 22.9 Å². The highest BCUT2D eigenvalue weighted by Crippen LogP contribution is 2.42. The van der Waals surface area contributed by atoms with Crippen molar-refractivity contribution in [3.8, 4) is 28.4 Å². The summed E-state index contributed by atoms with van der Waals surface area (Å²) in [5.74, 6) is 0.614. The third kappa shape index (κ3) is 4.39. The van der Waals surface area contributed by atoms with Crippen LogP contribution >= 0.6 is 0 Å². The van der Waals surface area contributed by atoms with Crippen LogP contribution in [0.25, 0.3) is 28.1 Å². The molecule has 168 valence electrons. The van der Waals surface area contributed by atoms with Gasteiger partial charge in [0.15, 0.2) is 11.5 Å². The number of aromatic nitrogens is 2. The third-order valence-electron chi connectivity index (χ3n) is 5.45. The highest BCUT2D eigenvalue weighted by Gasteiger charge is 2.20. The quantitative estimate of drug-likeness (QED) is 0.387. The van der Waals surface area contributed by atoms with Crippen molar-refractivity contribution in [1.29, 1.82) is 0 Å². The van der Waals surface area contributed by atoms with Crippen LogP contribution in [0.3, 0.4) is 0 Å². The van der Waals surface area contributed by atoms with Gasteiger partial charge in [0.25, 0.3) is 0 Å². The Morgan fingerprint density at radius 2 is 1.64 bits per heavy atom. The van der Waals surface area contributed by atoms with E-state index in [9.17, 15) is 9.90 Å². The number of rotatable bonds is 8. The standard InChI is InChI=1S/C26H24N2O5/c1-31-19-6-4-18(5-7-19)26-20-14-23(32-2)24(33-3)15-22(20)28(21(26)8-9-25(29)30)16-17-10-12-27-13-11-17/h4-15H,16H2,1-3H3,(H,29,30)/p-1/b9-8+. The lowest BCUT2D eigenvalue weighted by atomic mass is 10.0. The number of benzene rings is 2. The average Bonchev–Trinajstić information content (AvgIpc) is 3.14. The van der Waals surface area contributed by atoms with Crippen molar-refractivity contribution < 1.29 is 24.1 Å². The summed E-state index contributed by atoms with van der Waals surface area (Å²) >= 11 is 0. The number of carbonyl (C=O) groups excluding carboxylic acids is 1. The molecule has 0 aliphatic heterocycles. The maximum atomic E-state index is 11.3. The topological polar surface area (TPSA) is 85.6 Å². The zero-order chi connectivity index (χ0) is 23.4. The molecule has 33 heavy (non-hydrogen) atoms. The number of hydrogen-bond donors (Lipinski definition) is 0. The van der Waals surface area contributed by atoms with Gasteiger partial charge in [-0.05, 0) is 53.6 Å². The van der Waals surface area contributed by atoms with E-state index in [0.29, 0.717) is 23.7 Å². The summed E-state index contributed by atoms with van der Waals surface area (Å²) in [5.41, 5.74) is 4.36. The van der Waals surface area contributed by atoms with Gasteiger partial charge in [0.1, 0.15) is 5.75 Å². The maximum Gasteiger partial charge on any atom is 0.162 e. The molecule has 0 unspecified atom stereocenters. The molecule has 2 aromatic heterocycles. The molecule has 4 rings (SSSR count). The van der Waals surface area contributed by atoms with Crippen LogP contribution < -0.4 is 19.3 Å². The zero-order valence-corrected chi connectivity index (χ0v) is 18.6. The van der Waals surface area contributed by atoms with Gasteiger partial charge in [-0.3, -0.25) is 4.98 Å². The molecule has 0 aliphatic carbocycles. The number of pyridine rings is 1. The predicted octanol–water partition coefficient (Wildman–Crippen LogP) is 3.54. The Balaban J connectivity index is 2.06. The van der Waals surface area contributed by atoms with Gasteiger partial charge < -0.3 is 28.7 Å². The monoisotopic (exact) mass is 443 g/mol. The Hall–Kier alpha value is -4.26. The SMILES string of the molecule is COc1ccc(-c2c(/C=C/C(=O)[O-])n(Cc3ccncc3)c3cc(OC)c(OC)cc23)cc1. The van der Waals surface area contributed by atoms with Gasteiger partial charge in [0.05, 0.1) is 38.5 Å². The summed E-state index contributed by atoms with van der Waals surface area (Å²) in [4.78, 5) is 15.4. The fourth-order valence-electron chi connectivity index (χ4n) is 3.92. The van der Waals surface area contributed by atoms with Crippen LogP contribution in [-0.4, -0.2) is 36.8 Å². The Kier molecular flexibility index (Phi) is 6.31. The number of carboxylic acids is 1. The summed E-state index contributed by atoms with van der Waals surface area (Å²) in [6.45, 7) is 0.497. The minimum atomic E-state index is -1.27. The number of carboxylic acid groups (broad SMARTS) is 1. The van der Waals surface area contributed by atoms with Gasteiger partial charge in [-0.25, -0.2) is 0 Å². The molecule has 0 amide bonds. The maximum absolute atomic E-state index is 11.3. The van der Waals surface area contributed by atoms with E-state index in [1.807, 2.05) is 53.1 Å². The van der Waals surface area contributed by atoms with Gasteiger partial charge >= 0.3 is 0 Å². The van der Waals surface area contributed by atoms with Gasteiger partial charge in [0, 0.05) is 36.0 Å². The number of carbonyl (C=O) groups is 1. The largest absolute Gasteiger partial charge is 0.545 e. The summed E-state index contributed by atoms with van der Waals surface area (Å²) in [7, 11) is 4.78. The average molecular weight is 443 g/mol. The molecule has 2 aromatic carbocycles. The molecule has 0 saturated carbocycles. The minimum Gasteiger partial charge on any atom is -0.545 e. The summed E-state index contributed by atoms with van der Waals surface area (Å²) in [6, 6.07) is 15.3. The van der Waals surface area contributed by atoms with Crippen LogP contribution in [-0.2, 0) is 11.3 Å². The lowest BCUT2D eigenvalue weighted by Crippen LogP contribution is -2.18. The van der Waals surface area contributed by atoms with E-state index in [0.717, 1.165) is 39.4 Å². The van der Waals surface area contributed by atoms with E-state index in [1.54, 1.807) is 39.8 Å². The first kappa shape index (κ1) is 22.0. The first-order valence-electron chi connectivity index (χ1n) is 10.3. The molecule has 0 atom stereocenters. The molecule has 0 N–H and O–H groups in total. The first-order valence-corrected chi connectivity index (χ1v) is 10.3. The van der Waals surface area contributed by atoms with Crippen LogP contribution in [0.15, 0.2) is 67.0 Å². The van der Waals surface area contributed by atoms with E-state index >= 15 is 0 Å². The number of aliphatic carboxylic acids is 1. The van der Waals surface area contributed by atoms with E-state index < -0.39 is 5.97 Å². The highest BCUT2D eigenvalue weighted by atomic mass is 16.5. The highest BCUT2D eigenvalue weighted by molar-refractivity contribution is 6.03. The van der Waals surface area contributed by atoms with Gasteiger partial charge in [-0.1, -0.05) is 12.1 Å². The van der Waals surface area contributed by atoms with Crippen molar-refractivity contribution in [2.24, 2.45) is 0 Å². The zero-order valence-electron chi connectivity index (χ0n) is 18.6. The van der Waals surface area contributed by atoms with Crippen molar-refractivity contribution in [3.05, 3.63) is 78.3 Å². The molecule has 0 radical (unpaired) electrons. The van der Waals surface area contributed by atoms with Crippen LogP contribution in [0.5, 0.6) is 17.2 Å². The molecular weight excluding hydrogens is 420 g/mol. The molecule has 0 bridgehead atoms. The second-order valence-corrected chi connectivity index (χ2v) is 7.31. The molecule has 4 aromatic rings. The van der Waals surface area contributed by atoms with Crippen molar-refractivity contribution in [3.63, 3.8) is 0 Å². The normalized spacial score (nSPS) is 11.1. The molecule has 7 heteroatoms. The Labute approximate surface area is 191 Å². The Bertz CT molecular complexity index is 1310. The predicted molar refractivity (Wildman–Crippen MR) is 124 cm³/mol. The van der Waals surface area contributed by atoms with E-state index in [2.05, 4.69) is 4.98 Å². The Morgan fingerprint density at radius 1 is 0.970 bits per heavy atom. The van der Waals surface area contributed by atoms with Crippen molar-refractivity contribution in [1.82, 2.24) is 9.55 Å². The van der Waals surface area contributed by atoms with Crippen LogP contribution in [0.4, 0.5) is 0 Å². The smallest absolute Gasteiger partial charge is 0.162 e. The van der Waals surface area contributed by atoms with Gasteiger partial charge in [-0.2, -0.15) is 0 Å². The van der Waals surface area contributed by atoms with Crippen molar-refractivity contribution in [2.45, 2.75) is 6.54 Å². The van der Waals surface area contributed by atoms with Crippen LogP contribution in [0.1, 0.15) is 11.3 Å². The van der Waals surface area contributed by atoms with Crippen molar-refractivity contribution in [2.75, 3.05) is 21.3 Å². The molecule has 0 fully saturated rings.